The first kappa shape index (κ1) is 12.3. The molecule has 1 saturated heterocycles. The molecule has 0 atom stereocenters. The van der Waals surface area contributed by atoms with Crippen LogP contribution in [-0.2, 0) is 4.79 Å². The third kappa shape index (κ3) is 2.96. The minimum Gasteiger partial charge on any atom is -0.315 e. The van der Waals surface area contributed by atoms with Crippen molar-refractivity contribution in [3.8, 4) is 0 Å². The van der Waals surface area contributed by atoms with E-state index < -0.39 is 5.82 Å². The van der Waals surface area contributed by atoms with Gasteiger partial charge in [-0.1, -0.05) is 11.6 Å². The van der Waals surface area contributed by atoms with Crippen LogP contribution in [0.25, 0.3) is 0 Å². The Hall–Kier alpha value is -1.13. The van der Waals surface area contributed by atoms with Crippen molar-refractivity contribution in [2.75, 3.05) is 24.5 Å². The summed E-state index contributed by atoms with van der Waals surface area (Å²) < 4.78 is 13.1. The van der Waals surface area contributed by atoms with E-state index in [1.165, 1.54) is 12.1 Å². The quantitative estimate of drug-likeness (QED) is 0.836. The van der Waals surface area contributed by atoms with Crippen LogP contribution in [0.4, 0.5) is 10.1 Å². The van der Waals surface area contributed by atoms with Crippen molar-refractivity contribution in [3.05, 3.63) is 29.0 Å². The van der Waals surface area contributed by atoms with Crippen LogP contribution in [0.5, 0.6) is 0 Å². The van der Waals surface area contributed by atoms with Gasteiger partial charge >= 0.3 is 0 Å². The van der Waals surface area contributed by atoms with Crippen molar-refractivity contribution in [3.63, 3.8) is 0 Å². The number of hydrogen-bond donors (Lipinski definition) is 1. The minimum absolute atomic E-state index is 0.0466. The van der Waals surface area contributed by atoms with Crippen LogP contribution in [0, 0.1) is 5.82 Å². The predicted molar refractivity (Wildman–Crippen MR) is 65.9 cm³/mol. The molecule has 3 nitrogen and oxygen atoms in total. The summed E-state index contributed by atoms with van der Waals surface area (Å²) in [7, 11) is 0. The standard InChI is InChI=1S/C12H14ClFN2O/c13-10-8-9(3-4-11(10)14)16-7-6-15-5-1-2-12(16)17/h3-4,8,15H,1-2,5-7H2. The molecule has 1 aliphatic heterocycles. The fourth-order valence-electron chi connectivity index (χ4n) is 1.87. The number of carbonyl (C=O) groups excluding carboxylic acids is 1. The van der Waals surface area contributed by atoms with E-state index >= 15 is 0 Å². The average Bonchev–Trinajstić information content (AvgIpc) is 2.28. The van der Waals surface area contributed by atoms with Crippen molar-refractivity contribution in [1.82, 2.24) is 5.32 Å². The van der Waals surface area contributed by atoms with E-state index in [0.29, 0.717) is 18.7 Å². The molecule has 1 aliphatic rings. The van der Waals surface area contributed by atoms with Gasteiger partial charge in [-0.15, -0.1) is 0 Å². The zero-order valence-electron chi connectivity index (χ0n) is 9.38. The third-order valence-electron chi connectivity index (χ3n) is 2.77. The van der Waals surface area contributed by atoms with Gasteiger partial charge in [0.15, 0.2) is 0 Å². The molecule has 0 aliphatic carbocycles. The molecule has 0 bridgehead atoms. The topological polar surface area (TPSA) is 32.3 Å². The van der Waals surface area contributed by atoms with Crippen LogP contribution in [-0.4, -0.2) is 25.5 Å². The number of nitrogens with one attached hydrogen (secondary N) is 1. The van der Waals surface area contributed by atoms with E-state index in [1.807, 2.05) is 0 Å². The Morgan fingerprint density at radius 2 is 2.18 bits per heavy atom. The summed E-state index contributed by atoms with van der Waals surface area (Å²) in [5, 5.41) is 3.28. The molecule has 0 aromatic heterocycles. The molecule has 1 heterocycles. The molecule has 92 valence electrons. The maximum absolute atomic E-state index is 13.1. The van der Waals surface area contributed by atoms with Gasteiger partial charge in [0.05, 0.1) is 5.02 Å². The van der Waals surface area contributed by atoms with Crippen molar-refractivity contribution < 1.29 is 9.18 Å². The lowest BCUT2D eigenvalue weighted by atomic mass is 10.2. The summed E-state index contributed by atoms with van der Waals surface area (Å²) >= 11 is 5.73. The minimum atomic E-state index is -0.465. The number of nitrogens with zero attached hydrogens (tertiary/aromatic N) is 1. The second kappa shape index (κ2) is 5.47. The average molecular weight is 257 g/mol. The van der Waals surface area contributed by atoms with Crippen LogP contribution >= 0.6 is 11.6 Å². The van der Waals surface area contributed by atoms with Gasteiger partial charge in [0, 0.05) is 25.2 Å². The Bertz CT molecular complexity index is 425. The molecular formula is C12H14ClFN2O. The summed E-state index contributed by atoms with van der Waals surface area (Å²) in [5.74, 6) is -0.401. The zero-order chi connectivity index (χ0) is 12.3. The van der Waals surface area contributed by atoms with Crippen molar-refractivity contribution in [1.29, 1.82) is 0 Å². The smallest absolute Gasteiger partial charge is 0.227 e. The van der Waals surface area contributed by atoms with Crippen LogP contribution in [0.1, 0.15) is 12.8 Å². The molecule has 0 unspecified atom stereocenters. The third-order valence-corrected chi connectivity index (χ3v) is 3.06. The van der Waals surface area contributed by atoms with Gasteiger partial charge in [-0.05, 0) is 31.2 Å². The number of carbonyl (C=O) groups is 1. The maximum atomic E-state index is 13.1. The fraction of sp³-hybridized carbons (Fsp3) is 0.417. The van der Waals surface area contributed by atoms with E-state index in [0.717, 1.165) is 19.5 Å². The SMILES string of the molecule is O=C1CCCNCCN1c1ccc(F)c(Cl)c1. The van der Waals surface area contributed by atoms with Crippen LogP contribution in [0.2, 0.25) is 5.02 Å². The lowest BCUT2D eigenvalue weighted by molar-refractivity contribution is -0.118. The lowest BCUT2D eigenvalue weighted by Crippen LogP contribution is -2.39. The molecule has 17 heavy (non-hydrogen) atoms. The largest absolute Gasteiger partial charge is 0.315 e. The number of amides is 1. The summed E-state index contributed by atoms with van der Waals surface area (Å²) in [4.78, 5) is 13.6. The maximum Gasteiger partial charge on any atom is 0.227 e. The summed E-state index contributed by atoms with van der Waals surface area (Å²) in [6.45, 7) is 2.19. The molecule has 0 radical (unpaired) electrons. The highest BCUT2D eigenvalue weighted by Crippen LogP contribution is 2.23. The predicted octanol–water partition coefficient (Wildman–Crippen LogP) is 2.20. The van der Waals surface area contributed by atoms with Gasteiger partial charge in [0.1, 0.15) is 5.82 Å². The second-order valence-corrected chi connectivity index (χ2v) is 4.40. The Labute approximate surface area is 105 Å². The summed E-state index contributed by atoms with van der Waals surface area (Å²) in [5.41, 5.74) is 0.658. The van der Waals surface area contributed by atoms with Crippen LogP contribution < -0.4 is 10.2 Å². The van der Waals surface area contributed by atoms with Crippen molar-refractivity contribution in [2.45, 2.75) is 12.8 Å². The molecule has 2 rings (SSSR count). The molecule has 0 spiro atoms. The highest BCUT2D eigenvalue weighted by Gasteiger charge is 2.17. The Balaban J connectivity index is 2.22. The molecule has 1 fully saturated rings. The first-order chi connectivity index (χ1) is 8.18. The first-order valence-electron chi connectivity index (χ1n) is 5.64. The second-order valence-electron chi connectivity index (χ2n) is 4.00. The molecule has 1 aromatic rings. The van der Waals surface area contributed by atoms with E-state index in [9.17, 15) is 9.18 Å². The monoisotopic (exact) mass is 256 g/mol. The molecule has 1 N–H and O–H groups in total. The van der Waals surface area contributed by atoms with Gasteiger partial charge in [0.25, 0.3) is 0 Å². The van der Waals surface area contributed by atoms with Crippen LogP contribution in [0.3, 0.4) is 0 Å². The lowest BCUT2D eigenvalue weighted by Gasteiger charge is -2.25. The number of anilines is 1. The summed E-state index contributed by atoms with van der Waals surface area (Å²) in [6, 6.07) is 4.37. The van der Waals surface area contributed by atoms with Gasteiger partial charge in [0.2, 0.25) is 5.91 Å². The molecule has 0 saturated carbocycles. The van der Waals surface area contributed by atoms with Crippen LogP contribution in [0.15, 0.2) is 18.2 Å². The first-order valence-corrected chi connectivity index (χ1v) is 6.02. The van der Waals surface area contributed by atoms with Gasteiger partial charge in [-0.2, -0.15) is 0 Å². The molecule has 5 heteroatoms. The normalized spacial score (nSPS) is 17.8. The Kier molecular flexibility index (Phi) is 3.97. The Morgan fingerprint density at radius 1 is 1.35 bits per heavy atom. The van der Waals surface area contributed by atoms with Gasteiger partial charge in [-0.3, -0.25) is 4.79 Å². The highest BCUT2D eigenvalue weighted by molar-refractivity contribution is 6.31. The van der Waals surface area contributed by atoms with Gasteiger partial charge in [-0.25, -0.2) is 4.39 Å². The molecular weight excluding hydrogens is 243 g/mol. The fourth-order valence-corrected chi connectivity index (χ4v) is 2.04. The van der Waals surface area contributed by atoms with E-state index in [1.54, 1.807) is 11.0 Å². The number of halogens is 2. The van der Waals surface area contributed by atoms with Crippen molar-refractivity contribution >= 4 is 23.2 Å². The Morgan fingerprint density at radius 3 is 2.94 bits per heavy atom. The number of hydrogen-bond acceptors (Lipinski definition) is 2. The zero-order valence-corrected chi connectivity index (χ0v) is 10.1. The number of benzene rings is 1. The molecule has 1 aromatic carbocycles. The van der Waals surface area contributed by atoms with E-state index in [-0.39, 0.29) is 10.9 Å². The highest BCUT2D eigenvalue weighted by atomic mass is 35.5. The van der Waals surface area contributed by atoms with E-state index in [4.69, 9.17) is 11.6 Å². The van der Waals surface area contributed by atoms with E-state index in [2.05, 4.69) is 5.32 Å². The number of rotatable bonds is 1. The van der Waals surface area contributed by atoms with Crippen molar-refractivity contribution in [2.24, 2.45) is 0 Å². The summed E-state index contributed by atoms with van der Waals surface area (Å²) in [6.07, 6.45) is 1.33. The van der Waals surface area contributed by atoms with Gasteiger partial charge < -0.3 is 10.2 Å². The molecule has 1 amide bonds.